The number of rotatable bonds is 4. The predicted octanol–water partition coefficient (Wildman–Crippen LogP) is 4.51. The number of carboxylic acid groups (broad SMARTS) is 1. The van der Waals surface area contributed by atoms with Crippen molar-refractivity contribution in [3.8, 4) is 11.3 Å². The Kier molecular flexibility index (Phi) is 4.45. The van der Waals surface area contributed by atoms with Crippen LogP contribution in [0.4, 0.5) is 14.6 Å². The normalized spacial score (nSPS) is 25.6. The van der Waals surface area contributed by atoms with Crippen LogP contribution < -0.4 is 5.32 Å². The third-order valence-electron chi connectivity index (χ3n) is 6.73. The number of hydrogen-bond acceptors (Lipinski definition) is 4. The molecule has 3 aromatic rings. The fraction of sp³-hybridized carbons (Fsp3) is 0.409. The van der Waals surface area contributed by atoms with E-state index in [0.29, 0.717) is 27.9 Å². The van der Waals surface area contributed by atoms with Gasteiger partial charge in [0.1, 0.15) is 11.5 Å². The van der Waals surface area contributed by atoms with Gasteiger partial charge in [-0.05, 0) is 62.1 Å². The Morgan fingerprint density at radius 2 is 1.93 bits per heavy atom. The Bertz CT molecular complexity index is 1140. The maximum absolute atomic E-state index is 14.8. The minimum atomic E-state index is -0.840. The molecule has 3 saturated carbocycles. The van der Waals surface area contributed by atoms with Crippen molar-refractivity contribution in [2.24, 2.45) is 17.8 Å². The number of hydrogen-bond donors (Lipinski definition) is 3. The van der Waals surface area contributed by atoms with Crippen LogP contribution in [0.3, 0.4) is 0 Å². The number of aromatic nitrogens is 3. The number of H-pyrrole nitrogens is 1. The summed E-state index contributed by atoms with van der Waals surface area (Å²) in [5.41, 5.74) is 2.24. The first kappa shape index (κ1) is 19.0. The van der Waals surface area contributed by atoms with Gasteiger partial charge in [0.25, 0.3) is 0 Å². The summed E-state index contributed by atoms with van der Waals surface area (Å²) in [4.78, 5) is 23.5. The summed E-state index contributed by atoms with van der Waals surface area (Å²) in [5.74, 6) is -2.04. The molecule has 2 bridgehead atoms. The summed E-state index contributed by atoms with van der Waals surface area (Å²) in [6.45, 7) is 1.74. The van der Waals surface area contributed by atoms with Crippen LogP contribution in [-0.4, -0.2) is 32.1 Å². The number of halogens is 2. The van der Waals surface area contributed by atoms with Crippen molar-refractivity contribution in [3.05, 3.63) is 41.7 Å². The van der Waals surface area contributed by atoms with E-state index >= 15 is 0 Å². The largest absolute Gasteiger partial charge is 0.481 e. The molecule has 0 saturated heterocycles. The third kappa shape index (κ3) is 3.02. The minimum Gasteiger partial charge on any atom is -0.481 e. The number of carboxylic acids is 1. The highest BCUT2D eigenvalue weighted by Gasteiger charge is 2.47. The molecule has 0 aromatic carbocycles. The van der Waals surface area contributed by atoms with Crippen LogP contribution in [0.15, 0.2) is 24.5 Å². The molecule has 156 valence electrons. The monoisotopic (exact) mass is 412 g/mol. The van der Waals surface area contributed by atoms with Crippen molar-refractivity contribution < 1.29 is 18.7 Å². The number of pyridine rings is 2. The zero-order chi connectivity index (χ0) is 21.0. The summed E-state index contributed by atoms with van der Waals surface area (Å²) >= 11 is 0. The van der Waals surface area contributed by atoms with E-state index < -0.39 is 23.5 Å². The zero-order valence-electron chi connectivity index (χ0n) is 16.5. The Hall–Kier alpha value is -3.03. The Balaban J connectivity index is 1.55. The van der Waals surface area contributed by atoms with Crippen LogP contribution in [0.2, 0.25) is 0 Å². The van der Waals surface area contributed by atoms with Gasteiger partial charge in [0, 0.05) is 23.2 Å². The lowest BCUT2D eigenvalue weighted by Gasteiger charge is -2.47. The van der Waals surface area contributed by atoms with Gasteiger partial charge in [0.05, 0.1) is 17.8 Å². The Labute approximate surface area is 171 Å². The van der Waals surface area contributed by atoms with E-state index in [2.05, 4.69) is 20.3 Å². The van der Waals surface area contributed by atoms with Crippen LogP contribution in [0.25, 0.3) is 22.3 Å². The number of aliphatic carboxylic acids is 1. The van der Waals surface area contributed by atoms with Gasteiger partial charge >= 0.3 is 5.97 Å². The molecule has 6 rings (SSSR count). The molecule has 3 heterocycles. The van der Waals surface area contributed by atoms with Crippen molar-refractivity contribution in [2.75, 3.05) is 5.32 Å². The molecule has 3 aromatic heterocycles. The molecule has 0 unspecified atom stereocenters. The standard InChI is InChI=1S/C22H22F2N4O2/c1-10-6-16(24)21(28-19-12-4-2-11(3-5-12)17(19)22(29)30)27-18(10)15-9-26-20-14(15)7-13(23)8-25-20/h6-9,11-12,17,19H,2-5H2,1H3,(H,25,26)(H,27,28)(H,29,30)/t11?,12?,17-,19-/m0/s1. The lowest BCUT2D eigenvalue weighted by atomic mass is 9.61. The number of nitrogens with zero attached hydrogens (tertiary/aromatic N) is 2. The fourth-order valence-corrected chi connectivity index (χ4v) is 5.30. The molecule has 3 aliphatic rings. The highest BCUT2D eigenvalue weighted by atomic mass is 19.1. The van der Waals surface area contributed by atoms with Crippen molar-refractivity contribution in [3.63, 3.8) is 0 Å². The SMILES string of the molecule is Cc1cc(F)c(N[C@H]2C3CCC(CC3)[C@@H]2C(=O)O)nc1-c1c[nH]c2ncc(F)cc12. The predicted molar refractivity (Wildman–Crippen MR) is 108 cm³/mol. The summed E-state index contributed by atoms with van der Waals surface area (Å²) in [6, 6.07) is 2.40. The van der Waals surface area contributed by atoms with Crippen LogP contribution >= 0.6 is 0 Å². The molecule has 2 atom stereocenters. The molecule has 0 amide bonds. The lowest BCUT2D eigenvalue weighted by molar-refractivity contribution is -0.148. The van der Waals surface area contributed by atoms with Crippen LogP contribution in [0.5, 0.6) is 0 Å². The molecule has 6 nitrogen and oxygen atoms in total. The maximum atomic E-state index is 14.8. The zero-order valence-corrected chi connectivity index (χ0v) is 16.5. The van der Waals surface area contributed by atoms with Gasteiger partial charge < -0.3 is 15.4 Å². The first-order chi connectivity index (χ1) is 14.4. The van der Waals surface area contributed by atoms with Gasteiger partial charge in [0.15, 0.2) is 11.6 Å². The van der Waals surface area contributed by atoms with E-state index in [-0.39, 0.29) is 23.7 Å². The third-order valence-corrected chi connectivity index (χ3v) is 6.73. The van der Waals surface area contributed by atoms with Gasteiger partial charge in [-0.1, -0.05) is 0 Å². The van der Waals surface area contributed by atoms with Gasteiger partial charge in [-0.25, -0.2) is 18.7 Å². The van der Waals surface area contributed by atoms with Crippen molar-refractivity contribution in [1.29, 1.82) is 0 Å². The molecule has 3 aliphatic carbocycles. The number of aromatic amines is 1. The number of nitrogens with one attached hydrogen (secondary N) is 2. The van der Waals surface area contributed by atoms with Gasteiger partial charge in [-0.15, -0.1) is 0 Å². The number of fused-ring (bicyclic) bond motifs is 4. The molecule has 8 heteroatoms. The quantitative estimate of drug-likeness (QED) is 0.586. The van der Waals surface area contributed by atoms with E-state index in [1.807, 2.05) is 0 Å². The molecule has 3 fully saturated rings. The topological polar surface area (TPSA) is 90.9 Å². The minimum absolute atomic E-state index is 0.0399. The first-order valence-electron chi connectivity index (χ1n) is 10.2. The fourth-order valence-electron chi connectivity index (χ4n) is 5.30. The first-order valence-corrected chi connectivity index (χ1v) is 10.2. The lowest BCUT2D eigenvalue weighted by Crippen LogP contribution is -2.51. The highest BCUT2D eigenvalue weighted by Crippen LogP contribution is 2.46. The van der Waals surface area contributed by atoms with Gasteiger partial charge in [-0.3, -0.25) is 4.79 Å². The summed E-state index contributed by atoms with van der Waals surface area (Å²) in [7, 11) is 0. The summed E-state index contributed by atoms with van der Waals surface area (Å²) in [5, 5.41) is 13.5. The second kappa shape index (κ2) is 7.04. The van der Waals surface area contributed by atoms with Crippen LogP contribution in [-0.2, 0) is 4.79 Å². The summed E-state index contributed by atoms with van der Waals surface area (Å²) in [6.07, 6.45) is 6.51. The number of carbonyl (C=O) groups is 1. The average Bonchev–Trinajstić information content (AvgIpc) is 3.13. The smallest absolute Gasteiger partial charge is 0.308 e. The molecule has 0 radical (unpaired) electrons. The molecule has 0 spiro atoms. The highest BCUT2D eigenvalue weighted by molar-refractivity contribution is 5.93. The van der Waals surface area contributed by atoms with Gasteiger partial charge in [-0.2, -0.15) is 0 Å². The number of aryl methyl sites for hydroxylation is 1. The van der Waals surface area contributed by atoms with Gasteiger partial charge in [0.2, 0.25) is 0 Å². The molecule has 3 N–H and O–H groups in total. The van der Waals surface area contributed by atoms with E-state index in [9.17, 15) is 18.7 Å². The van der Waals surface area contributed by atoms with Crippen LogP contribution in [0.1, 0.15) is 31.2 Å². The average molecular weight is 412 g/mol. The van der Waals surface area contributed by atoms with E-state index in [1.165, 1.54) is 12.1 Å². The second-order valence-corrected chi connectivity index (χ2v) is 8.45. The molecular formula is C22H22F2N4O2. The number of anilines is 1. The Morgan fingerprint density at radius 3 is 2.67 bits per heavy atom. The van der Waals surface area contributed by atoms with Crippen molar-refractivity contribution >= 4 is 22.8 Å². The van der Waals surface area contributed by atoms with Crippen molar-refractivity contribution in [1.82, 2.24) is 15.0 Å². The molecule has 30 heavy (non-hydrogen) atoms. The molecule has 0 aliphatic heterocycles. The van der Waals surface area contributed by atoms with Crippen LogP contribution in [0, 0.1) is 36.3 Å². The Morgan fingerprint density at radius 1 is 1.20 bits per heavy atom. The summed E-state index contributed by atoms with van der Waals surface area (Å²) < 4.78 is 28.6. The van der Waals surface area contributed by atoms with E-state index in [4.69, 9.17) is 0 Å². The molecular weight excluding hydrogens is 390 g/mol. The second-order valence-electron chi connectivity index (χ2n) is 8.45. The van der Waals surface area contributed by atoms with E-state index in [1.54, 1.807) is 13.1 Å². The maximum Gasteiger partial charge on any atom is 0.308 e. The van der Waals surface area contributed by atoms with Crippen molar-refractivity contribution in [2.45, 2.75) is 38.6 Å². The van der Waals surface area contributed by atoms with E-state index in [0.717, 1.165) is 31.9 Å².